The zero-order chi connectivity index (χ0) is 9.42. The van der Waals surface area contributed by atoms with Gasteiger partial charge < -0.3 is 0 Å². The normalized spacial score (nSPS) is 13.8. The van der Waals surface area contributed by atoms with Gasteiger partial charge in [0, 0.05) is 18.2 Å². The molecule has 0 atom stereocenters. The van der Waals surface area contributed by atoms with Crippen LogP contribution in [0.3, 0.4) is 0 Å². The molecule has 0 spiro atoms. The van der Waals surface area contributed by atoms with E-state index < -0.39 is 0 Å². The van der Waals surface area contributed by atoms with Crippen molar-refractivity contribution in [3.8, 4) is 0 Å². The Morgan fingerprint density at radius 2 is 2.15 bits per heavy atom. The van der Waals surface area contributed by atoms with Gasteiger partial charge in [0.1, 0.15) is 5.82 Å². The second-order valence-electron chi connectivity index (χ2n) is 3.64. The van der Waals surface area contributed by atoms with Gasteiger partial charge in [-0.25, -0.2) is 4.39 Å². The fourth-order valence-electron chi connectivity index (χ4n) is 1.73. The predicted octanol–water partition coefficient (Wildman–Crippen LogP) is 3.21. The smallest absolute Gasteiger partial charge is 0.128 e. The van der Waals surface area contributed by atoms with E-state index in [0.717, 1.165) is 23.2 Å². The van der Waals surface area contributed by atoms with Gasteiger partial charge in [0.05, 0.1) is 5.69 Å². The lowest BCUT2D eigenvalue weighted by Crippen LogP contribution is -1.94. The molecular weight excluding hydrogens is 165 g/mol. The molecule has 0 amide bonds. The average Bonchev–Trinajstić information content (AvgIpc) is 2.50. The number of hydrogen-bond acceptors (Lipinski definition) is 1. The molecule has 1 nitrogen and oxygen atoms in total. The van der Waals surface area contributed by atoms with Gasteiger partial charge in [0.15, 0.2) is 0 Å². The summed E-state index contributed by atoms with van der Waals surface area (Å²) in [5.74, 6) is 0.0676. The molecule has 0 aromatic heterocycles. The van der Waals surface area contributed by atoms with E-state index in [9.17, 15) is 4.39 Å². The minimum Gasteiger partial charge on any atom is -0.260 e. The van der Waals surface area contributed by atoms with Crippen LogP contribution < -0.4 is 0 Å². The van der Waals surface area contributed by atoms with E-state index in [1.807, 2.05) is 26.1 Å². The number of aliphatic imine (C=N–C) groups is 1. The van der Waals surface area contributed by atoms with Crippen molar-refractivity contribution in [3.05, 3.63) is 29.1 Å². The Morgan fingerprint density at radius 1 is 1.38 bits per heavy atom. The van der Waals surface area contributed by atoms with Gasteiger partial charge in [-0.2, -0.15) is 0 Å². The molecule has 0 saturated heterocycles. The highest BCUT2D eigenvalue weighted by atomic mass is 19.1. The van der Waals surface area contributed by atoms with Crippen LogP contribution in [0.25, 0.3) is 0 Å². The lowest BCUT2D eigenvalue weighted by atomic mass is 9.97. The monoisotopic (exact) mass is 177 g/mol. The highest BCUT2D eigenvalue weighted by molar-refractivity contribution is 5.77. The topological polar surface area (TPSA) is 12.4 Å². The zero-order valence-electron chi connectivity index (χ0n) is 7.84. The molecule has 2 heteroatoms. The summed E-state index contributed by atoms with van der Waals surface area (Å²) in [6.07, 6.45) is 2.69. The van der Waals surface area contributed by atoms with Crippen LogP contribution in [0, 0.1) is 5.82 Å². The number of hydrogen-bond donors (Lipinski definition) is 0. The van der Waals surface area contributed by atoms with Crippen LogP contribution in [0.5, 0.6) is 0 Å². The van der Waals surface area contributed by atoms with Gasteiger partial charge in [-0.3, -0.25) is 4.99 Å². The predicted molar refractivity (Wildman–Crippen MR) is 52.3 cm³/mol. The molecule has 0 fully saturated rings. The number of nitrogens with zero attached hydrogens (tertiary/aromatic N) is 1. The van der Waals surface area contributed by atoms with Gasteiger partial charge >= 0.3 is 0 Å². The van der Waals surface area contributed by atoms with E-state index in [-0.39, 0.29) is 11.7 Å². The summed E-state index contributed by atoms with van der Waals surface area (Å²) in [5.41, 5.74) is 2.76. The van der Waals surface area contributed by atoms with E-state index in [4.69, 9.17) is 0 Å². The summed E-state index contributed by atoms with van der Waals surface area (Å²) in [4.78, 5) is 4.22. The fraction of sp³-hybridized carbons (Fsp3) is 0.364. The van der Waals surface area contributed by atoms with Gasteiger partial charge in [-0.15, -0.1) is 0 Å². The Bertz CT molecular complexity index is 367. The first kappa shape index (κ1) is 8.42. The Balaban J connectivity index is 2.64. The van der Waals surface area contributed by atoms with Crippen LogP contribution in [0.1, 0.15) is 30.9 Å². The van der Waals surface area contributed by atoms with Crippen molar-refractivity contribution in [2.45, 2.75) is 26.2 Å². The highest BCUT2D eigenvalue weighted by Gasteiger charge is 2.17. The van der Waals surface area contributed by atoms with Gasteiger partial charge in [0.2, 0.25) is 0 Å². The molecule has 68 valence electrons. The van der Waals surface area contributed by atoms with Crippen LogP contribution in [0.15, 0.2) is 17.1 Å². The van der Waals surface area contributed by atoms with E-state index in [1.54, 1.807) is 6.07 Å². The molecule has 1 aliphatic heterocycles. The van der Waals surface area contributed by atoms with Crippen LogP contribution in [-0.2, 0) is 6.42 Å². The molecule has 0 saturated carbocycles. The van der Waals surface area contributed by atoms with Crippen molar-refractivity contribution in [1.82, 2.24) is 0 Å². The first-order chi connectivity index (χ1) is 6.20. The van der Waals surface area contributed by atoms with Crippen molar-refractivity contribution < 1.29 is 4.39 Å². The van der Waals surface area contributed by atoms with Crippen LogP contribution in [-0.4, -0.2) is 6.21 Å². The summed E-state index contributed by atoms with van der Waals surface area (Å²) < 4.78 is 13.4. The Hall–Kier alpha value is -1.18. The molecule has 0 bridgehead atoms. The van der Waals surface area contributed by atoms with Crippen LogP contribution in [0.2, 0.25) is 0 Å². The average molecular weight is 177 g/mol. The largest absolute Gasteiger partial charge is 0.260 e. The van der Waals surface area contributed by atoms with E-state index in [1.165, 1.54) is 0 Å². The molecule has 0 radical (unpaired) electrons. The Kier molecular flexibility index (Phi) is 1.91. The van der Waals surface area contributed by atoms with Crippen molar-refractivity contribution >= 4 is 11.9 Å². The molecule has 1 aromatic rings. The molecule has 2 rings (SSSR count). The SMILES string of the molecule is CC(C)c1c(F)ccc2c1N=CC2. The summed E-state index contributed by atoms with van der Waals surface area (Å²) in [6.45, 7) is 3.99. The summed E-state index contributed by atoms with van der Waals surface area (Å²) in [7, 11) is 0. The van der Waals surface area contributed by atoms with Crippen LogP contribution >= 0.6 is 0 Å². The molecule has 1 aromatic carbocycles. The van der Waals surface area contributed by atoms with Crippen molar-refractivity contribution in [1.29, 1.82) is 0 Å². The molecule has 0 unspecified atom stereocenters. The van der Waals surface area contributed by atoms with Crippen molar-refractivity contribution in [2.75, 3.05) is 0 Å². The molecular formula is C11H12FN. The fourth-order valence-corrected chi connectivity index (χ4v) is 1.73. The third-order valence-corrected chi connectivity index (χ3v) is 2.36. The molecule has 1 aliphatic rings. The quantitative estimate of drug-likeness (QED) is 0.624. The first-order valence-corrected chi connectivity index (χ1v) is 4.54. The van der Waals surface area contributed by atoms with Crippen molar-refractivity contribution in [2.24, 2.45) is 4.99 Å². The summed E-state index contributed by atoms with van der Waals surface area (Å²) in [5, 5.41) is 0. The molecule has 0 aliphatic carbocycles. The van der Waals surface area contributed by atoms with Crippen molar-refractivity contribution in [3.63, 3.8) is 0 Å². The third kappa shape index (κ3) is 1.26. The minimum atomic E-state index is -0.132. The number of benzene rings is 1. The Labute approximate surface area is 77.3 Å². The first-order valence-electron chi connectivity index (χ1n) is 4.54. The second-order valence-corrected chi connectivity index (χ2v) is 3.64. The zero-order valence-corrected chi connectivity index (χ0v) is 7.84. The maximum Gasteiger partial charge on any atom is 0.128 e. The van der Waals surface area contributed by atoms with Gasteiger partial charge in [0.25, 0.3) is 0 Å². The van der Waals surface area contributed by atoms with E-state index >= 15 is 0 Å². The molecule has 0 N–H and O–H groups in total. The maximum absolute atomic E-state index is 13.4. The third-order valence-electron chi connectivity index (χ3n) is 2.36. The lowest BCUT2D eigenvalue weighted by Gasteiger charge is -2.10. The summed E-state index contributed by atoms with van der Waals surface area (Å²) in [6, 6.07) is 3.37. The number of fused-ring (bicyclic) bond motifs is 1. The molecule has 1 heterocycles. The summed E-state index contributed by atoms with van der Waals surface area (Å²) >= 11 is 0. The number of rotatable bonds is 1. The van der Waals surface area contributed by atoms with Gasteiger partial charge in [-0.05, 0) is 17.5 Å². The van der Waals surface area contributed by atoms with E-state index in [2.05, 4.69) is 4.99 Å². The van der Waals surface area contributed by atoms with Gasteiger partial charge in [-0.1, -0.05) is 19.9 Å². The van der Waals surface area contributed by atoms with E-state index in [0.29, 0.717) is 0 Å². The van der Waals surface area contributed by atoms with Crippen LogP contribution in [0.4, 0.5) is 10.1 Å². The second kappa shape index (κ2) is 2.95. The number of halogens is 1. The maximum atomic E-state index is 13.4. The minimum absolute atomic E-state index is 0.132. The lowest BCUT2D eigenvalue weighted by molar-refractivity contribution is 0.599. The Morgan fingerprint density at radius 3 is 2.85 bits per heavy atom. The standard InChI is InChI=1S/C11H12FN/c1-7(2)10-9(12)4-3-8-5-6-13-11(8)10/h3-4,6-7H,5H2,1-2H3. The highest BCUT2D eigenvalue weighted by Crippen LogP contribution is 2.35. The molecule has 13 heavy (non-hydrogen) atoms.